The number of H-pyrrole nitrogens is 1. The number of nitrogens with one attached hydrogen (secondary N) is 2. The van der Waals surface area contributed by atoms with Crippen molar-refractivity contribution in [1.82, 2.24) is 15.5 Å². The van der Waals surface area contributed by atoms with E-state index >= 15 is 0 Å². The molecule has 1 fully saturated rings. The first kappa shape index (κ1) is 22.3. The van der Waals surface area contributed by atoms with Crippen molar-refractivity contribution in [2.24, 2.45) is 0 Å². The van der Waals surface area contributed by atoms with Gasteiger partial charge in [-0.15, -0.1) is 0 Å². The molecule has 2 aromatic carbocycles. The Morgan fingerprint density at radius 2 is 1.70 bits per heavy atom. The molecule has 9 nitrogen and oxygen atoms in total. The molecule has 0 aliphatic carbocycles. The van der Waals surface area contributed by atoms with Crippen LogP contribution in [0, 0.1) is 0 Å². The van der Waals surface area contributed by atoms with E-state index in [0.29, 0.717) is 29.4 Å². The monoisotopic (exact) mass is 452 g/mol. The summed E-state index contributed by atoms with van der Waals surface area (Å²) in [6.45, 7) is 1.47. The summed E-state index contributed by atoms with van der Waals surface area (Å²) in [6, 6.07) is 13.1. The Bertz CT molecular complexity index is 1090. The molecule has 1 saturated heterocycles. The van der Waals surface area contributed by atoms with Gasteiger partial charge in [-0.3, -0.25) is 9.89 Å². The molecule has 0 radical (unpaired) electrons. The second kappa shape index (κ2) is 9.72. The zero-order chi connectivity index (χ0) is 23.4. The van der Waals surface area contributed by atoms with Crippen molar-refractivity contribution in [2.45, 2.75) is 12.5 Å². The van der Waals surface area contributed by atoms with E-state index in [0.717, 1.165) is 35.8 Å². The van der Waals surface area contributed by atoms with E-state index in [4.69, 9.17) is 18.9 Å². The Morgan fingerprint density at radius 1 is 1.00 bits per heavy atom. The van der Waals surface area contributed by atoms with Gasteiger partial charge < -0.3 is 29.2 Å². The van der Waals surface area contributed by atoms with Crippen LogP contribution >= 0.6 is 0 Å². The van der Waals surface area contributed by atoms with Crippen LogP contribution in [0.25, 0.3) is 11.3 Å². The van der Waals surface area contributed by atoms with Crippen LogP contribution in [-0.4, -0.2) is 63.7 Å². The molecule has 1 aliphatic rings. The molecule has 0 bridgehead atoms. The van der Waals surface area contributed by atoms with Crippen LogP contribution in [0.15, 0.2) is 42.5 Å². The summed E-state index contributed by atoms with van der Waals surface area (Å²) in [7, 11) is 6.23. The number of rotatable bonds is 8. The molecule has 1 aromatic heterocycles. The molecule has 9 heteroatoms. The maximum absolute atomic E-state index is 12.9. The minimum atomic E-state index is -0.193. The van der Waals surface area contributed by atoms with E-state index < -0.39 is 0 Å². The molecule has 2 heterocycles. The highest BCUT2D eigenvalue weighted by Gasteiger charge is 2.27. The Hall–Kier alpha value is -3.88. The van der Waals surface area contributed by atoms with Crippen LogP contribution in [0.2, 0.25) is 0 Å². The summed E-state index contributed by atoms with van der Waals surface area (Å²) in [5.74, 6) is 2.81. The van der Waals surface area contributed by atoms with E-state index in [1.807, 2.05) is 30.3 Å². The summed E-state index contributed by atoms with van der Waals surface area (Å²) in [5, 5.41) is 10.7. The van der Waals surface area contributed by atoms with Gasteiger partial charge in [0.15, 0.2) is 17.3 Å². The largest absolute Gasteiger partial charge is 0.497 e. The van der Waals surface area contributed by atoms with E-state index in [-0.39, 0.29) is 11.9 Å². The smallest absolute Gasteiger partial charge is 0.251 e. The fourth-order valence-corrected chi connectivity index (χ4v) is 3.96. The molecule has 1 aliphatic heterocycles. The van der Waals surface area contributed by atoms with Crippen LogP contribution in [0.1, 0.15) is 16.8 Å². The van der Waals surface area contributed by atoms with Crippen LogP contribution in [0.3, 0.4) is 0 Å². The Labute approximate surface area is 192 Å². The van der Waals surface area contributed by atoms with E-state index in [2.05, 4.69) is 20.4 Å². The molecule has 174 valence electrons. The third-order valence-corrected chi connectivity index (χ3v) is 5.74. The predicted octanol–water partition coefficient (Wildman–Crippen LogP) is 3.12. The van der Waals surface area contributed by atoms with Crippen LogP contribution in [-0.2, 0) is 0 Å². The zero-order valence-electron chi connectivity index (χ0n) is 19.2. The van der Waals surface area contributed by atoms with Gasteiger partial charge >= 0.3 is 0 Å². The Kier molecular flexibility index (Phi) is 6.58. The molecule has 0 unspecified atom stereocenters. The number of amides is 1. The van der Waals surface area contributed by atoms with Gasteiger partial charge in [-0.05, 0) is 48.4 Å². The lowest BCUT2D eigenvalue weighted by Crippen LogP contribution is -2.37. The minimum absolute atomic E-state index is 0.00210. The lowest BCUT2D eigenvalue weighted by molar-refractivity contribution is 0.0939. The number of aromatic nitrogens is 2. The maximum Gasteiger partial charge on any atom is 0.251 e. The number of anilines is 1. The molecule has 0 spiro atoms. The summed E-state index contributed by atoms with van der Waals surface area (Å²) < 4.78 is 21.3. The van der Waals surface area contributed by atoms with Crippen molar-refractivity contribution in [3.05, 3.63) is 48.0 Å². The fourth-order valence-electron chi connectivity index (χ4n) is 3.96. The number of hydrogen-bond donors (Lipinski definition) is 2. The molecule has 1 atom stereocenters. The first-order chi connectivity index (χ1) is 16.1. The lowest BCUT2D eigenvalue weighted by atomic mass is 10.1. The molecule has 33 heavy (non-hydrogen) atoms. The number of ether oxygens (including phenoxy) is 4. The first-order valence-electron chi connectivity index (χ1n) is 10.6. The summed E-state index contributed by atoms with van der Waals surface area (Å²) >= 11 is 0. The number of carbonyl (C=O) groups excluding carboxylic acids is 1. The third kappa shape index (κ3) is 4.67. The normalized spacial score (nSPS) is 15.3. The van der Waals surface area contributed by atoms with Crippen molar-refractivity contribution in [3.63, 3.8) is 0 Å². The van der Waals surface area contributed by atoms with Gasteiger partial charge in [-0.1, -0.05) is 0 Å². The van der Waals surface area contributed by atoms with Crippen molar-refractivity contribution < 1.29 is 23.7 Å². The van der Waals surface area contributed by atoms with Gasteiger partial charge in [0, 0.05) is 30.8 Å². The van der Waals surface area contributed by atoms with Crippen molar-refractivity contribution >= 4 is 11.7 Å². The number of methoxy groups -OCH3 is 4. The summed E-state index contributed by atoms with van der Waals surface area (Å²) in [5.41, 5.74) is 2.41. The highest BCUT2D eigenvalue weighted by Crippen LogP contribution is 2.38. The second-order valence-electron chi connectivity index (χ2n) is 7.69. The van der Waals surface area contributed by atoms with Gasteiger partial charge in [0.2, 0.25) is 5.75 Å². The Balaban J connectivity index is 1.41. The third-order valence-electron chi connectivity index (χ3n) is 5.74. The van der Waals surface area contributed by atoms with Gasteiger partial charge in [0.1, 0.15) is 5.75 Å². The van der Waals surface area contributed by atoms with E-state index in [9.17, 15) is 4.79 Å². The molecule has 0 saturated carbocycles. The first-order valence-corrected chi connectivity index (χ1v) is 10.6. The average molecular weight is 453 g/mol. The number of carbonyl (C=O) groups is 1. The second-order valence-corrected chi connectivity index (χ2v) is 7.69. The fraction of sp³-hybridized carbons (Fsp3) is 0.333. The van der Waals surface area contributed by atoms with E-state index in [1.165, 1.54) is 21.3 Å². The molecule has 3 aromatic rings. The zero-order valence-corrected chi connectivity index (χ0v) is 19.2. The van der Waals surface area contributed by atoms with Crippen LogP contribution in [0.4, 0.5) is 5.82 Å². The van der Waals surface area contributed by atoms with Gasteiger partial charge in [-0.25, -0.2) is 0 Å². The maximum atomic E-state index is 12.9. The van der Waals surface area contributed by atoms with Crippen molar-refractivity contribution in [3.8, 4) is 34.3 Å². The van der Waals surface area contributed by atoms with Crippen molar-refractivity contribution in [1.29, 1.82) is 0 Å². The van der Waals surface area contributed by atoms with Gasteiger partial charge in [0.05, 0.1) is 34.1 Å². The number of benzene rings is 2. The molecule has 4 rings (SSSR count). The topological polar surface area (TPSA) is 97.9 Å². The molecular weight excluding hydrogens is 424 g/mol. The molecule has 1 amide bonds. The number of hydrogen-bond acceptors (Lipinski definition) is 7. The molecular formula is C24H28N4O5. The van der Waals surface area contributed by atoms with Gasteiger partial charge in [0.25, 0.3) is 5.91 Å². The van der Waals surface area contributed by atoms with Crippen LogP contribution in [0.5, 0.6) is 23.0 Å². The van der Waals surface area contributed by atoms with Crippen LogP contribution < -0.4 is 29.2 Å². The highest BCUT2D eigenvalue weighted by atomic mass is 16.5. The van der Waals surface area contributed by atoms with Crippen molar-refractivity contribution in [2.75, 3.05) is 46.4 Å². The number of nitrogens with zero attached hydrogens (tertiary/aromatic N) is 2. The van der Waals surface area contributed by atoms with Gasteiger partial charge in [-0.2, -0.15) is 5.10 Å². The SMILES string of the molecule is COc1ccc(-c2cc(N3CC[C@H](NC(=O)c4cc(OC)c(OC)c(OC)c4)C3)n[nH]2)cc1. The lowest BCUT2D eigenvalue weighted by Gasteiger charge is -2.17. The average Bonchev–Trinajstić information content (AvgIpc) is 3.53. The van der Waals surface area contributed by atoms with E-state index in [1.54, 1.807) is 19.2 Å². The highest BCUT2D eigenvalue weighted by molar-refractivity contribution is 5.96. The standard InChI is InChI=1S/C24H28N4O5/c1-30-18-7-5-15(6-8-18)19-13-22(27-26-19)28-10-9-17(14-28)25-24(29)16-11-20(31-2)23(33-4)21(12-16)32-3/h5-8,11-13,17H,9-10,14H2,1-4H3,(H,25,29)(H,26,27)/t17-/m0/s1. The number of aromatic amines is 1. The quantitative estimate of drug-likeness (QED) is 0.542. The molecule has 2 N–H and O–H groups in total. The summed E-state index contributed by atoms with van der Waals surface area (Å²) in [4.78, 5) is 15.1. The Morgan fingerprint density at radius 3 is 2.30 bits per heavy atom. The summed E-state index contributed by atoms with van der Waals surface area (Å²) in [6.07, 6.45) is 0.820. The minimum Gasteiger partial charge on any atom is -0.497 e. The predicted molar refractivity (Wildman–Crippen MR) is 125 cm³/mol.